The highest BCUT2D eigenvalue weighted by atomic mass is 32.2. The number of ether oxygens (including phenoxy) is 1. The minimum atomic E-state index is -3.86. The second-order valence-electron chi connectivity index (χ2n) is 5.74. The van der Waals surface area contributed by atoms with Gasteiger partial charge >= 0.3 is 5.97 Å². The monoisotopic (exact) mass is 326 g/mol. The molecule has 2 N–H and O–H groups in total. The summed E-state index contributed by atoms with van der Waals surface area (Å²) < 4.78 is 27.8. The van der Waals surface area contributed by atoms with E-state index in [1.807, 2.05) is 0 Å². The summed E-state index contributed by atoms with van der Waals surface area (Å²) in [7, 11) is -2.58. The van der Waals surface area contributed by atoms with Crippen LogP contribution in [-0.4, -0.2) is 34.6 Å². The second-order valence-corrected chi connectivity index (χ2v) is 7.30. The molecule has 1 atom stereocenters. The van der Waals surface area contributed by atoms with Crippen molar-refractivity contribution in [2.24, 2.45) is 11.1 Å². The number of hydrogen-bond donors (Lipinski definition) is 1. The number of anilines is 1. The lowest BCUT2D eigenvalue weighted by atomic mass is 10.0. The number of rotatable bonds is 3. The van der Waals surface area contributed by atoms with E-state index in [4.69, 9.17) is 9.88 Å². The molecule has 1 fully saturated rings. The van der Waals surface area contributed by atoms with Crippen molar-refractivity contribution in [2.75, 3.05) is 25.1 Å². The van der Waals surface area contributed by atoms with Gasteiger partial charge in [-0.05, 0) is 43.4 Å². The van der Waals surface area contributed by atoms with Gasteiger partial charge in [-0.1, -0.05) is 6.92 Å². The highest BCUT2D eigenvalue weighted by Gasteiger charge is 2.22. The maximum absolute atomic E-state index is 12.0. The molecule has 0 amide bonds. The normalized spacial score (nSPS) is 19.6. The molecular weight excluding hydrogens is 304 g/mol. The zero-order valence-electron chi connectivity index (χ0n) is 12.9. The predicted molar refractivity (Wildman–Crippen MR) is 84.4 cm³/mol. The van der Waals surface area contributed by atoms with Crippen LogP contribution in [0.15, 0.2) is 23.1 Å². The van der Waals surface area contributed by atoms with Crippen LogP contribution in [0.5, 0.6) is 0 Å². The van der Waals surface area contributed by atoms with E-state index in [0.717, 1.165) is 32.4 Å². The van der Waals surface area contributed by atoms with E-state index in [1.54, 1.807) is 6.07 Å². The highest BCUT2D eigenvalue weighted by molar-refractivity contribution is 7.89. The van der Waals surface area contributed by atoms with Crippen molar-refractivity contribution in [1.29, 1.82) is 0 Å². The Morgan fingerprint density at radius 2 is 2.05 bits per heavy atom. The van der Waals surface area contributed by atoms with Gasteiger partial charge in [0.15, 0.2) is 0 Å². The molecule has 0 aliphatic carbocycles. The molecule has 22 heavy (non-hydrogen) atoms. The predicted octanol–water partition coefficient (Wildman–Crippen LogP) is 1.75. The molecule has 1 saturated heterocycles. The van der Waals surface area contributed by atoms with Crippen molar-refractivity contribution in [2.45, 2.75) is 31.1 Å². The summed E-state index contributed by atoms with van der Waals surface area (Å²) in [6, 6.07) is 4.37. The Morgan fingerprint density at radius 3 is 2.68 bits per heavy atom. The van der Waals surface area contributed by atoms with Gasteiger partial charge < -0.3 is 9.64 Å². The van der Waals surface area contributed by atoms with Gasteiger partial charge in [-0.2, -0.15) is 0 Å². The average molecular weight is 326 g/mol. The van der Waals surface area contributed by atoms with E-state index in [0.29, 0.717) is 11.6 Å². The number of esters is 1. The van der Waals surface area contributed by atoms with Crippen LogP contribution in [-0.2, 0) is 14.8 Å². The van der Waals surface area contributed by atoms with Crippen LogP contribution in [0.25, 0.3) is 0 Å². The molecule has 7 heteroatoms. The van der Waals surface area contributed by atoms with Gasteiger partial charge in [0.1, 0.15) is 0 Å². The fourth-order valence-corrected chi connectivity index (χ4v) is 3.29. The van der Waals surface area contributed by atoms with Crippen LogP contribution < -0.4 is 10.0 Å². The number of hydrogen-bond acceptors (Lipinski definition) is 5. The van der Waals surface area contributed by atoms with E-state index in [1.165, 1.54) is 19.2 Å². The van der Waals surface area contributed by atoms with Crippen molar-refractivity contribution < 1.29 is 17.9 Å². The summed E-state index contributed by atoms with van der Waals surface area (Å²) in [6.45, 7) is 3.89. The minimum absolute atomic E-state index is 0.0835. The van der Waals surface area contributed by atoms with Crippen molar-refractivity contribution in [3.63, 3.8) is 0 Å². The molecule has 6 nitrogen and oxygen atoms in total. The first-order valence-electron chi connectivity index (χ1n) is 7.33. The van der Waals surface area contributed by atoms with Crippen LogP contribution in [0.2, 0.25) is 0 Å². The maximum Gasteiger partial charge on any atom is 0.340 e. The van der Waals surface area contributed by atoms with Crippen LogP contribution in [0.1, 0.15) is 36.5 Å². The summed E-state index contributed by atoms with van der Waals surface area (Å²) in [6.07, 6.45) is 3.23. The molecule has 0 radical (unpaired) electrons. The van der Waals surface area contributed by atoms with Gasteiger partial charge in [0, 0.05) is 13.1 Å². The fourth-order valence-electron chi connectivity index (χ4n) is 2.75. The Morgan fingerprint density at radius 1 is 1.32 bits per heavy atom. The molecule has 1 aliphatic heterocycles. The van der Waals surface area contributed by atoms with Gasteiger partial charge in [-0.3, -0.25) is 0 Å². The Bertz CT molecular complexity index is 658. The first-order valence-corrected chi connectivity index (χ1v) is 8.87. The van der Waals surface area contributed by atoms with Gasteiger partial charge in [-0.15, -0.1) is 0 Å². The zero-order chi connectivity index (χ0) is 16.3. The first-order chi connectivity index (χ1) is 10.3. The zero-order valence-corrected chi connectivity index (χ0v) is 13.7. The average Bonchev–Trinajstić information content (AvgIpc) is 2.69. The molecule has 0 aromatic heterocycles. The van der Waals surface area contributed by atoms with E-state index in [2.05, 4.69) is 11.8 Å². The van der Waals surface area contributed by atoms with Crippen molar-refractivity contribution in [3.05, 3.63) is 23.8 Å². The molecule has 0 bridgehead atoms. The smallest absolute Gasteiger partial charge is 0.340 e. The molecule has 122 valence electrons. The topological polar surface area (TPSA) is 89.7 Å². The van der Waals surface area contributed by atoms with Crippen molar-refractivity contribution in [3.8, 4) is 0 Å². The lowest BCUT2D eigenvalue weighted by molar-refractivity contribution is 0.0601. The van der Waals surface area contributed by atoms with E-state index in [9.17, 15) is 13.2 Å². The largest absolute Gasteiger partial charge is 0.465 e. The third-order valence-electron chi connectivity index (χ3n) is 4.06. The molecule has 1 aromatic rings. The van der Waals surface area contributed by atoms with Gasteiger partial charge in [0.05, 0.1) is 23.3 Å². The maximum atomic E-state index is 12.0. The van der Waals surface area contributed by atoms with Crippen LogP contribution in [0.4, 0.5) is 5.69 Å². The minimum Gasteiger partial charge on any atom is -0.465 e. The quantitative estimate of drug-likeness (QED) is 0.855. The molecule has 0 unspecified atom stereocenters. The highest BCUT2D eigenvalue weighted by Crippen LogP contribution is 2.28. The first kappa shape index (κ1) is 16.8. The summed E-state index contributed by atoms with van der Waals surface area (Å²) in [5.74, 6) is 0.0908. The number of carbonyl (C=O) groups excluding carboxylic acids is 1. The van der Waals surface area contributed by atoms with Crippen LogP contribution in [0, 0.1) is 5.92 Å². The third kappa shape index (κ3) is 3.78. The number of methoxy groups -OCH3 is 1. The van der Waals surface area contributed by atoms with Gasteiger partial charge in [0.2, 0.25) is 10.0 Å². The van der Waals surface area contributed by atoms with Gasteiger partial charge in [0.25, 0.3) is 0 Å². The summed E-state index contributed by atoms with van der Waals surface area (Å²) in [5.41, 5.74) is 0.942. The van der Waals surface area contributed by atoms with E-state index < -0.39 is 16.0 Å². The van der Waals surface area contributed by atoms with Crippen molar-refractivity contribution >= 4 is 21.7 Å². The van der Waals surface area contributed by atoms with Crippen molar-refractivity contribution in [1.82, 2.24) is 0 Å². The summed E-state index contributed by atoms with van der Waals surface area (Å²) >= 11 is 0. The molecule has 1 aliphatic rings. The van der Waals surface area contributed by atoms with Crippen LogP contribution in [0.3, 0.4) is 0 Å². The standard InChI is InChI=1S/C15H22N2O4S/c1-11-4-3-8-17(9-7-11)14-6-5-12(22(16,19)20)10-13(14)15(18)21-2/h5-6,10-11H,3-4,7-9H2,1-2H3,(H2,16,19,20)/t11-/m1/s1. The number of benzene rings is 1. The molecule has 1 aromatic carbocycles. The summed E-state index contributed by atoms with van der Waals surface area (Å²) in [4.78, 5) is 14.1. The molecule has 0 spiro atoms. The molecule has 0 saturated carbocycles. The number of nitrogens with zero attached hydrogens (tertiary/aromatic N) is 1. The number of primary sulfonamides is 1. The third-order valence-corrected chi connectivity index (χ3v) is 4.97. The lowest BCUT2D eigenvalue weighted by Gasteiger charge is -2.25. The summed E-state index contributed by atoms with van der Waals surface area (Å²) in [5, 5.41) is 5.15. The lowest BCUT2D eigenvalue weighted by Crippen LogP contribution is -2.27. The Labute approximate surface area is 131 Å². The number of nitrogens with two attached hydrogens (primary N) is 1. The van der Waals surface area contributed by atoms with Crippen LogP contribution >= 0.6 is 0 Å². The Balaban J connectivity index is 2.43. The second kappa shape index (κ2) is 6.66. The molecular formula is C15H22N2O4S. The molecule has 2 rings (SSSR count). The Hall–Kier alpha value is -1.60. The number of sulfonamides is 1. The fraction of sp³-hybridized carbons (Fsp3) is 0.533. The van der Waals surface area contributed by atoms with E-state index in [-0.39, 0.29) is 10.5 Å². The SMILES string of the molecule is COC(=O)c1cc(S(N)(=O)=O)ccc1N1CCC[C@@H](C)CC1. The Kier molecular flexibility index (Phi) is 5.08. The van der Waals surface area contributed by atoms with E-state index >= 15 is 0 Å². The molecule has 1 heterocycles. The number of carbonyl (C=O) groups is 1. The van der Waals surface area contributed by atoms with Gasteiger partial charge in [-0.25, -0.2) is 18.4 Å².